The van der Waals surface area contributed by atoms with E-state index < -0.39 is 11.9 Å². The number of anilines is 1. The van der Waals surface area contributed by atoms with Crippen LogP contribution in [0.2, 0.25) is 0 Å². The molecule has 1 aliphatic heterocycles. The molecule has 0 spiro atoms. The second kappa shape index (κ2) is 4.53. The van der Waals surface area contributed by atoms with Crippen molar-refractivity contribution >= 4 is 17.9 Å². The first kappa shape index (κ1) is 11.6. The van der Waals surface area contributed by atoms with E-state index in [-0.39, 0.29) is 17.2 Å². The fourth-order valence-electron chi connectivity index (χ4n) is 2.02. The zero-order chi connectivity index (χ0) is 12.4. The fourth-order valence-corrected chi connectivity index (χ4v) is 2.02. The van der Waals surface area contributed by atoms with Crippen LogP contribution in [0.5, 0.6) is 0 Å². The highest BCUT2D eigenvalue weighted by molar-refractivity contribution is 5.90. The van der Waals surface area contributed by atoms with Gasteiger partial charge in [0.1, 0.15) is 11.9 Å². The van der Waals surface area contributed by atoms with Gasteiger partial charge < -0.3 is 10.2 Å². The molecule has 1 aliphatic rings. The molecule has 90 valence electrons. The van der Waals surface area contributed by atoms with E-state index in [1.54, 1.807) is 17.9 Å². The van der Waals surface area contributed by atoms with E-state index in [0.29, 0.717) is 19.4 Å². The molecule has 1 aromatic rings. The third-order valence-electron chi connectivity index (χ3n) is 2.93. The second-order valence-corrected chi connectivity index (χ2v) is 3.96. The van der Waals surface area contributed by atoms with Gasteiger partial charge in [0, 0.05) is 18.7 Å². The van der Waals surface area contributed by atoms with Crippen LogP contribution in [0.4, 0.5) is 10.1 Å². The number of nitrogens with one attached hydrogen (secondary N) is 1. The molecular formula is C12H13FN2O2. The number of hydrogen-bond donors (Lipinski definition) is 1. The van der Waals surface area contributed by atoms with Crippen molar-refractivity contribution in [2.75, 3.05) is 18.0 Å². The fraction of sp³-hybridized carbons (Fsp3) is 0.333. The van der Waals surface area contributed by atoms with Crippen LogP contribution in [-0.4, -0.2) is 31.3 Å². The highest BCUT2D eigenvalue weighted by Gasteiger charge is 2.28. The van der Waals surface area contributed by atoms with Gasteiger partial charge in [-0.2, -0.15) is 0 Å². The minimum absolute atomic E-state index is 0.156. The molecule has 1 fully saturated rings. The predicted molar refractivity (Wildman–Crippen MR) is 61.6 cm³/mol. The number of amides is 1. The first-order valence-corrected chi connectivity index (χ1v) is 5.43. The first-order chi connectivity index (χ1) is 8.15. The molecule has 1 aromatic carbocycles. The van der Waals surface area contributed by atoms with Crippen molar-refractivity contribution in [3.8, 4) is 0 Å². The molecular weight excluding hydrogens is 223 g/mol. The topological polar surface area (TPSA) is 49.4 Å². The quantitative estimate of drug-likeness (QED) is 0.778. The van der Waals surface area contributed by atoms with E-state index in [4.69, 9.17) is 0 Å². The predicted octanol–water partition coefficient (Wildman–Crippen LogP) is 0.963. The number of halogens is 1. The van der Waals surface area contributed by atoms with Gasteiger partial charge in [0.15, 0.2) is 6.29 Å². The zero-order valence-corrected chi connectivity index (χ0v) is 9.44. The number of nitrogens with zero attached hydrogens (tertiary/aromatic N) is 1. The molecule has 0 aliphatic carbocycles. The van der Waals surface area contributed by atoms with E-state index in [0.717, 1.165) is 0 Å². The molecule has 2 rings (SSSR count). The summed E-state index contributed by atoms with van der Waals surface area (Å²) in [7, 11) is 0. The van der Waals surface area contributed by atoms with E-state index >= 15 is 0 Å². The Hall–Kier alpha value is -1.91. The number of rotatable bonds is 2. The minimum atomic E-state index is -0.476. The monoisotopic (exact) mass is 236 g/mol. The van der Waals surface area contributed by atoms with E-state index in [2.05, 4.69) is 5.32 Å². The van der Waals surface area contributed by atoms with Crippen molar-refractivity contribution in [1.82, 2.24) is 5.32 Å². The first-order valence-electron chi connectivity index (χ1n) is 5.43. The zero-order valence-electron chi connectivity index (χ0n) is 9.44. The van der Waals surface area contributed by atoms with Crippen molar-refractivity contribution in [2.45, 2.75) is 13.0 Å². The Morgan fingerprint density at radius 3 is 3.00 bits per heavy atom. The minimum Gasteiger partial charge on any atom is -0.355 e. The Morgan fingerprint density at radius 1 is 1.53 bits per heavy atom. The third kappa shape index (κ3) is 2.00. The van der Waals surface area contributed by atoms with Gasteiger partial charge in [0.2, 0.25) is 5.91 Å². The Kier molecular flexibility index (Phi) is 3.08. The second-order valence-electron chi connectivity index (χ2n) is 3.96. The van der Waals surface area contributed by atoms with Gasteiger partial charge in [-0.05, 0) is 19.1 Å². The van der Waals surface area contributed by atoms with E-state index in [1.807, 2.05) is 0 Å². The summed E-state index contributed by atoms with van der Waals surface area (Å²) >= 11 is 0. The lowest BCUT2D eigenvalue weighted by atomic mass is 10.1. The lowest BCUT2D eigenvalue weighted by molar-refractivity contribution is -0.122. The van der Waals surface area contributed by atoms with Crippen molar-refractivity contribution in [2.24, 2.45) is 0 Å². The number of hydrogen-bond acceptors (Lipinski definition) is 3. The van der Waals surface area contributed by atoms with Crippen LogP contribution in [-0.2, 0) is 4.79 Å². The summed E-state index contributed by atoms with van der Waals surface area (Å²) in [6, 6.07) is 3.85. The maximum atomic E-state index is 13.8. The number of piperazine rings is 1. The number of aldehydes is 1. The molecule has 1 N–H and O–H groups in total. The Balaban J connectivity index is 2.45. The molecule has 17 heavy (non-hydrogen) atoms. The SMILES string of the molecule is CC1C(=O)NCCN1c1c(F)cccc1C=O. The summed E-state index contributed by atoms with van der Waals surface area (Å²) in [5.74, 6) is -0.632. The molecule has 1 saturated heterocycles. The number of benzene rings is 1. The molecule has 0 saturated carbocycles. The Labute approximate surface area is 98.4 Å². The smallest absolute Gasteiger partial charge is 0.242 e. The molecule has 0 aromatic heterocycles. The molecule has 4 nitrogen and oxygen atoms in total. The van der Waals surface area contributed by atoms with Gasteiger partial charge in [-0.25, -0.2) is 4.39 Å². The van der Waals surface area contributed by atoms with Gasteiger partial charge in [0.05, 0.1) is 5.69 Å². The number of carbonyl (C=O) groups excluding carboxylic acids is 2. The van der Waals surface area contributed by atoms with Crippen LogP contribution in [0.15, 0.2) is 18.2 Å². The summed E-state index contributed by atoms with van der Waals surface area (Å²) in [6.07, 6.45) is 0.609. The molecule has 0 bridgehead atoms. The van der Waals surface area contributed by atoms with Gasteiger partial charge in [-0.1, -0.05) is 6.07 Å². The van der Waals surface area contributed by atoms with Crippen molar-refractivity contribution in [3.05, 3.63) is 29.6 Å². The molecule has 0 radical (unpaired) electrons. The van der Waals surface area contributed by atoms with Crippen LogP contribution in [0, 0.1) is 5.82 Å². The third-order valence-corrected chi connectivity index (χ3v) is 2.93. The van der Waals surface area contributed by atoms with Crippen LogP contribution in [0.3, 0.4) is 0 Å². The molecule has 5 heteroatoms. The Bertz CT molecular complexity index is 462. The normalized spacial score (nSPS) is 20.0. The van der Waals surface area contributed by atoms with E-state index in [9.17, 15) is 14.0 Å². The van der Waals surface area contributed by atoms with Crippen LogP contribution in [0.1, 0.15) is 17.3 Å². The molecule has 1 atom stereocenters. The average Bonchev–Trinajstić information content (AvgIpc) is 2.33. The lowest BCUT2D eigenvalue weighted by Crippen LogP contribution is -2.54. The maximum Gasteiger partial charge on any atom is 0.242 e. The maximum absolute atomic E-state index is 13.8. The summed E-state index contributed by atoms with van der Waals surface area (Å²) in [5, 5.41) is 2.70. The van der Waals surface area contributed by atoms with Gasteiger partial charge >= 0.3 is 0 Å². The highest BCUT2D eigenvalue weighted by Crippen LogP contribution is 2.26. The summed E-state index contributed by atoms with van der Waals surface area (Å²) in [5.41, 5.74) is 0.483. The van der Waals surface area contributed by atoms with Crippen LogP contribution >= 0.6 is 0 Å². The molecule has 1 amide bonds. The van der Waals surface area contributed by atoms with Crippen LogP contribution < -0.4 is 10.2 Å². The largest absolute Gasteiger partial charge is 0.355 e. The van der Waals surface area contributed by atoms with Crippen molar-refractivity contribution in [3.63, 3.8) is 0 Å². The standard InChI is InChI=1S/C12H13FN2O2/c1-8-12(17)14-5-6-15(8)11-9(7-16)3-2-4-10(11)13/h2-4,7-8H,5-6H2,1H3,(H,14,17). The van der Waals surface area contributed by atoms with Crippen molar-refractivity contribution < 1.29 is 14.0 Å². The highest BCUT2D eigenvalue weighted by atomic mass is 19.1. The van der Waals surface area contributed by atoms with Gasteiger partial charge in [-0.15, -0.1) is 0 Å². The summed E-state index contributed by atoms with van der Waals surface area (Å²) in [4.78, 5) is 24.1. The molecule has 1 unspecified atom stereocenters. The number of carbonyl (C=O) groups is 2. The Morgan fingerprint density at radius 2 is 2.29 bits per heavy atom. The van der Waals surface area contributed by atoms with E-state index in [1.165, 1.54) is 12.1 Å². The molecule has 1 heterocycles. The summed E-state index contributed by atoms with van der Waals surface area (Å²) < 4.78 is 13.8. The van der Waals surface area contributed by atoms with Gasteiger partial charge in [-0.3, -0.25) is 9.59 Å². The number of para-hydroxylation sites is 1. The van der Waals surface area contributed by atoms with Gasteiger partial charge in [0.25, 0.3) is 0 Å². The lowest BCUT2D eigenvalue weighted by Gasteiger charge is -2.35. The van der Waals surface area contributed by atoms with Crippen LogP contribution in [0.25, 0.3) is 0 Å². The average molecular weight is 236 g/mol. The van der Waals surface area contributed by atoms with Crippen molar-refractivity contribution in [1.29, 1.82) is 0 Å². The summed E-state index contributed by atoms with van der Waals surface area (Å²) in [6.45, 7) is 2.64.